The summed E-state index contributed by atoms with van der Waals surface area (Å²) in [6.07, 6.45) is 8.17. The molecule has 0 aromatic heterocycles. The molecule has 0 atom stereocenters. The van der Waals surface area contributed by atoms with Gasteiger partial charge in [-0.3, -0.25) is 0 Å². The van der Waals surface area contributed by atoms with Gasteiger partial charge in [-0.2, -0.15) is 0 Å². The fraction of sp³-hybridized carbons (Fsp3) is 0.351. The van der Waals surface area contributed by atoms with E-state index in [0.717, 1.165) is 17.1 Å². The molecular weight excluding hydrogens is 472 g/mol. The molecular formula is C37H48N2. The number of aryl methyl sites for hydroxylation is 4. The number of hydrogen-bond donors (Lipinski definition) is 1. The molecule has 0 amide bonds. The van der Waals surface area contributed by atoms with Gasteiger partial charge in [-0.1, -0.05) is 84.5 Å². The molecule has 206 valence electrons. The van der Waals surface area contributed by atoms with Crippen molar-refractivity contribution in [3.63, 3.8) is 0 Å². The van der Waals surface area contributed by atoms with Crippen LogP contribution in [-0.4, -0.2) is 0 Å². The quantitative estimate of drug-likeness (QED) is 0.312. The Morgan fingerprint density at radius 2 is 1.21 bits per heavy atom. The average Bonchev–Trinajstić information content (AvgIpc) is 2.83. The van der Waals surface area contributed by atoms with Gasteiger partial charge in [0, 0.05) is 22.8 Å². The number of allylic oxidation sites excluding steroid dienone is 4. The summed E-state index contributed by atoms with van der Waals surface area (Å²) in [5.74, 6) is 0. The van der Waals surface area contributed by atoms with E-state index in [1.807, 2.05) is 6.08 Å². The standard InChI is InChI=1S/C37H48N2/c1-13-15-32(16-14-2)39(35-27(5)23-30(24-28(35)6)37(10,11)12)33-19-17-31(18-20-33)38-34-25(3)21-29(22-26(34)4)36(7,8)9/h13-24,38H,1H2,2-12H3/b16-14-,32-15+. The van der Waals surface area contributed by atoms with Crippen molar-refractivity contribution in [3.8, 4) is 0 Å². The van der Waals surface area contributed by atoms with Gasteiger partial charge in [0.2, 0.25) is 0 Å². The van der Waals surface area contributed by atoms with Crippen molar-refractivity contribution in [3.05, 3.63) is 118 Å². The SMILES string of the molecule is C=C/C=C(\C=C/C)N(c1ccc(Nc2c(C)cc(C(C)(C)C)cc2C)cc1)c1c(C)cc(C(C)(C)C)cc1C. The van der Waals surface area contributed by atoms with Crippen molar-refractivity contribution >= 4 is 22.7 Å². The van der Waals surface area contributed by atoms with Crippen molar-refractivity contribution in [2.45, 2.75) is 87.0 Å². The third-order valence-corrected chi connectivity index (χ3v) is 7.26. The predicted octanol–water partition coefficient (Wildman–Crippen LogP) is 11.0. The van der Waals surface area contributed by atoms with Crippen LogP contribution in [-0.2, 0) is 10.8 Å². The Morgan fingerprint density at radius 1 is 0.744 bits per heavy atom. The maximum Gasteiger partial charge on any atom is 0.0520 e. The second kappa shape index (κ2) is 11.7. The van der Waals surface area contributed by atoms with Crippen LogP contribution in [0.1, 0.15) is 81.8 Å². The zero-order valence-electron chi connectivity index (χ0n) is 26.1. The van der Waals surface area contributed by atoms with E-state index in [1.165, 1.54) is 44.8 Å². The molecule has 1 N–H and O–H groups in total. The summed E-state index contributed by atoms with van der Waals surface area (Å²) < 4.78 is 0. The first-order valence-corrected chi connectivity index (χ1v) is 14.0. The second-order valence-corrected chi connectivity index (χ2v) is 12.8. The van der Waals surface area contributed by atoms with Crippen LogP contribution in [0.2, 0.25) is 0 Å². The van der Waals surface area contributed by atoms with Crippen LogP contribution in [0.5, 0.6) is 0 Å². The molecule has 3 aromatic carbocycles. The number of anilines is 4. The molecule has 0 radical (unpaired) electrons. The fourth-order valence-electron chi connectivity index (χ4n) is 5.08. The Hall–Kier alpha value is -3.52. The van der Waals surface area contributed by atoms with Gasteiger partial charge < -0.3 is 10.2 Å². The summed E-state index contributed by atoms with van der Waals surface area (Å²) in [6.45, 7) is 28.5. The van der Waals surface area contributed by atoms with Crippen molar-refractivity contribution in [1.29, 1.82) is 0 Å². The highest BCUT2D eigenvalue weighted by molar-refractivity contribution is 5.77. The monoisotopic (exact) mass is 520 g/mol. The molecule has 0 aliphatic heterocycles. The van der Waals surface area contributed by atoms with E-state index in [2.05, 4.69) is 160 Å². The third kappa shape index (κ3) is 6.92. The Balaban J connectivity index is 2.08. The van der Waals surface area contributed by atoms with Crippen molar-refractivity contribution in [1.82, 2.24) is 0 Å². The number of benzene rings is 3. The molecule has 0 saturated heterocycles. The van der Waals surface area contributed by atoms with Gasteiger partial charge in [0.05, 0.1) is 5.69 Å². The van der Waals surface area contributed by atoms with Crippen LogP contribution in [0.15, 0.2) is 85.1 Å². The first kappa shape index (κ1) is 30.0. The van der Waals surface area contributed by atoms with Gasteiger partial charge in [-0.05, 0) is 115 Å². The van der Waals surface area contributed by atoms with E-state index in [0.29, 0.717) is 0 Å². The Morgan fingerprint density at radius 3 is 1.62 bits per heavy atom. The number of nitrogens with one attached hydrogen (secondary N) is 1. The van der Waals surface area contributed by atoms with Gasteiger partial charge in [0.15, 0.2) is 0 Å². The maximum absolute atomic E-state index is 4.00. The van der Waals surface area contributed by atoms with E-state index < -0.39 is 0 Å². The van der Waals surface area contributed by atoms with Gasteiger partial charge in [0.1, 0.15) is 0 Å². The van der Waals surface area contributed by atoms with E-state index in [1.54, 1.807) is 0 Å². The molecule has 3 rings (SSSR count). The minimum absolute atomic E-state index is 0.0939. The predicted molar refractivity (Wildman–Crippen MR) is 174 cm³/mol. The topological polar surface area (TPSA) is 15.3 Å². The van der Waals surface area contributed by atoms with Crippen LogP contribution >= 0.6 is 0 Å². The van der Waals surface area contributed by atoms with Crippen LogP contribution < -0.4 is 10.2 Å². The Kier molecular flexibility index (Phi) is 9.01. The summed E-state index contributed by atoms with van der Waals surface area (Å²) in [5.41, 5.74) is 13.6. The van der Waals surface area contributed by atoms with Crippen LogP contribution in [0.3, 0.4) is 0 Å². The summed E-state index contributed by atoms with van der Waals surface area (Å²) in [7, 11) is 0. The highest BCUT2D eigenvalue weighted by Gasteiger charge is 2.22. The molecule has 0 aliphatic carbocycles. The van der Waals surface area contributed by atoms with Crippen molar-refractivity contribution < 1.29 is 0 Å². The van der Waals surface area contributed by atoms with E-state index in [9.17, 15) is 0 Å². The van der Waals surface area contributed by atoms with Gasteiger partial charge >= 0.3 is 0 Å². The molecule has 0 bridgehead atoms. The summed E-state index contributed by atoms with van der Waals surface area (Å²) >= 11 is 0. The highest BCUT2D eigenvalue weighted by atomic mass is 15.2. The summed E-state index contributed by atoms with van der Waals surface area (Å²) in [6, 6.07) is 18.0. The van der Waals surface area contributed by atoms with Crippen molar-refractivity contribution in [2.75, 3.05) is 10.2 Å². The zero-order chi connectivity index (χ0) is 29.1. The third-order valence-electron chi connectivity index (χ3n) is 7.26. The molecule has 0 spiro atoms. The number of rotatable bonds is 7. The molecule has 0 aliphatic rings. The van der Waals surface area contributed by atoms with E-state index in [4.69, 9.17) is 0 Å². The second-order valence-electron chi connectivity index (χ2n) is 12.8. The highest BCUT2D eigenvalue weighted by Crippen LogP contribution is 2.39. The zero-order valence-corrected chi connectivity index (χ0v) is 26.1. The maximum atomic E-state index is 4.00. The molecule has 0 unspecified atom stereocenters. The molecule has 2 heteroatoms. The molecule has 39 heavy (non-hydrogen) atoms. The molecule has 3 aromatic rings. The molecule has 0 saturated carbocycles. The first-order chi connectivity index (χ1) is 18.2. The van der Waals surface area contributed by atoms with Gasteiger partial charge in [-0.15, -0.1) is 0 Å². The molecule has 0 fully saturated rings. The largest absolute Gasteiger partial charge is 0.355 e. The van der Waals surface area contributed by atoms with Gasteiger partial charge in [0.25, 0.3) is 0 Å². The summed E-state index contributed by atoms with van der Waals surface area (Å²) in [5, 5.41) is 3.69. The van der Waals surface area contributed by atoms with E-state index >= 15 is 0 Å². The molecule has 0 heterocycles. The van der Waals surface area contributed by atoms with Gasteiger partial charge in [-0.25, -0.2) is 0 Å². The van der Waals surface area contributed by atoms with Crippen LogP contribution in [0.4, 0.5) is 22.7 Å². The lowest BCUT2D eigenvalue weighted by atomic mass is 9.84. The smallest absolute Gasteiger partial charge is 0.0520 e. The lowest BCUT2D eigenvalue weighted by molar-refractivity contribution is 0.589. The molecule has 2 nitrogen and oxygen atoms in total. The Bertz CT molecular complexity index is 1340. The fourth-order valence-corrected chi connectivity index (χ4v) is 5.08. The first-order valence-electron chi connectivity index (χ1n) is 14.0. The minimum atomic E-state index is 0.0939. The number of nitrogens with zero attached hydrogens (tertiary/aromatic N) is 1. The normalized spacial score (nSPS) is 12.6. The van der Waals surface area contributed by atoms with Crippen LogP contribution in [0, 0.1) is 27.7 Å². The minimum Gasteiger partial charge on any atom is -0.355 e. The average molecular weight is 521 g/mol. The summed E-state index contributed by atoms with van der Waals surface area (Å²) in [4.78, 5) is 2.34. The number of hydrogen-bond acceptors (Lipinski definition) is 2. The van der Waals surface area contributed by atoms with Crippen molar-refractivity contribution in [2.24, 2.45) is 0 Å². The van der Waals surface area contributed by atoms with E-state index in [-0.39, 0.29) is 10.8 Å². The Labute approximate surface area is 238 Å². The lowest BCUT2D eigenvalue weighted by Gasteiger charge is -2.31. The van der Waals surface area contributed by atoms with Crippen LogP contribution in [0.25, 0.3) is 0 Å². The lowest BCUT2D eigenvalue weighted by Crippen LogP contribution is -2.19.